The van der Waals surface area contributed by atoms with E-state index in [1.807, 2.05) is 96.1 Å². The molecule has 0 saturated carbocycles. The zero-order chi connectivity index (χ0) is 23.7. The maximum absolute atomic E-state index is 12.9. The summed E-state index contributed by atoms with van der Waals surface area (Å²) in [5.41, 5.74) is 1.50. The second-order valence-corrected chi connectivity index (χ2v) is 9.36. The smallest absolute Gasteiger partial charge is 0.408 e. The van der Waals surface area contributed by atoms with Crippen LogP contribution >= 0.6 is 0 Å². The Labute approximate surface area is 191 Å². The number of hydrogen-bond acceptors (Lipinski definition) is 4. The Kier molecular flexibility index (Phi) is 9.12. The van der Waals surface area contributed by atoms with Crippen molar-refractivity contribution in [2.75, 3.05) is 0 Å². The van der Waals surface area contributed by atoms with Crippen molar-refractivity contribution >= 4 is 12.0 Å². The van der Waals surface area contributed by atoms with Gasteiger partial charge in [-0.25, -0.2) is 4.79 Å². The van der Waals surface area contributed by atoms with Gasteiger partial charge in [-0.15, -0.1) is 0 Å². The van der Waals surface area contributed by atoms with Gasteiger partial charge in [0.2, 0.25) is 5.91 Å². The van der Waals surface area contributed by atoms with E-state index in [4.69, 9.17) is 9.47 Å². The van der Waals surface area contributed by atoms with Crippen molar-refractivity contribution in [2.45, 2.75) is 72.3 Å². The van der Waals surface area contributed by atoms with Gasteiger partial charge in [0.15, 0.2) is 0 Å². The molecule has 6 heteroatoms. The van der Waals surface area contributed by atoms with Crippen molar-refractivity contribution in [3.05, 3.63) is 65.7 Å². The van der Waals surface area contributed by atoms with Gasteiger partial charge in [0.05, 0.1) is 0 Å². The maximum Gasteiger partial charge on any atom is 0.408 e. The second kappa shape index (κ2) is 11.6. The van der Waals surface area contributed by atoms with Crippen molar-refractivity contribution in [2.24, 2.45) is 5.92 Å². The van der Waals surface area contributed by atoms with Gasteiger partial charge in [-0.3, -0.25) is 4.79 Å². The van der Waals surface area contributed by atoms with E-state index in [0.717, 1.165) is 16.9 Å². The van der Waals surface area contributed by atoms with Gasteiger partial charge in [0, 0.05) is 12.5 Å². The minimum Gasteiger partial charge on any atom is -0.488 e. The fourth-order valence-electron chi connectivity index (χ4n) is 2.89. The van der Waals surface area contributed by atoms with E-state index in [9.17, 15) is 9.59 Å². The summed E-state index contributed by atoms with van der Waals surface area (Å²) in [7, 11) is 0. The van der Waals surface area contributed by atoms with Crippen molar-refractivity contribution in [3.8, 4) is 5.75 Å². The van der Waals surface area contributed by atoms with E-state index in [2.05, 4.69) is 10.6 Å². The van der Waals surface area contributed by atoms with Crippen molar-refractivity contribution in [3.63, 3.8) is 0 Å². The molecule has 0 spiro atoms. The van der Waals surface area contributed by atoms with E-state index in [-0.39, 0.29) is 30.1 Å². The number of hydrogen-bond donors (Lipinski definition) is 2. The van der Waals surface area contributed by atoms with Gasteiger partial charge in [0.1, 0.15) is 24.0 Å². The van der Waals surface area contributed by atoms with Gasteiger partial charge >= 0.3 is 6.09 Å². The summed E-state index contributed by atoms with van der Waals surface area (Å²) in [6.45, 7) is 12.1. The van der Waals surface area contributed by atoms with Crippen molar-refractivity contribution in [1.82, 2.24) is 10.6 Å². The lowest BCUT2D eigenvalue weighted by Crippen LogP contribution is -2.51. The van der Waals surface area contributed by atoms with E-state index < -0.39 is 12.1 Å². The molecule has 2 aromatic carbocycles. The molecular formula is C26H36N2O4. The van der Waals surface area contributed by atoms with E-state index in [1.165, 1.54) is 0 Å². The molecule has 0 radical (unpaired) electrons. The van der Waals surface area contributed by atoms with Gasteiger partial charge in [-0.05, 0) is 56.9 Å². The first-order valence-corrected chi connectivity index (χ1v) is 11.1. The molecule has 1 unspecified atom stereocenters. The van der Waals surface area contributed by atoms with Gasteiger partial charge < -0.3 is 20.1 Å². The molecule has 0 aromatic heterocycles. The summed E-state index contributed by atoms with van der Waals surface area (Å²) >= 11 is 0. The molecule has 0 heterocycles. The summed E-state index contributed by atoms with van der Waals surface area (Å²) in [6, 6.07) is 16.2. The van der Waals surface area contributed by atoms with Crippen LogP contribution in [0.25, 0.3) is 0 Å². The Morgan fingerprint density at radius 2 is 1.50 bits per heavy atom. The molecule has 2 aromatic rings. The molecular weight excluding hydrogens is 404 g/mol. The molecule has 174 valence electrons. The maximum atomic E-state index is 12.9. The van der Waals surface area contributed by atoms with E-state index >= 15 is 0 Å². The fourth-order valence-corrected chi connectivity index (χ4v) is 2.89. The van der Waals surface area contributed by atoms with Crippen LogP contribution in [-0.4, -0.2) is 29.7 Å². The Hall–Kier alpha value is -3.02. The lowest BCUT2D eigenvalue weighted by Gasteiger charge is -2.24. The average Bonchev–Trinajstić information content (AvgIpc) is 2.72. The molecule has 2 atom stereocenters. The first kappa shape index (κ1) is 25.2. The van der Waals surface area contributed by atoms with E-state index in [1.54, 1.807) is 0 Å². The first-order chi connectivity index (χ1) is 15.0. The highest BCUT2D eigenvalue weighted by Gasteiger charge is 2.24. The number of ether oxygens (including phenoxy) is 2. The van der Waals surface area contributed by atoms with Crippen LogP contribution in [0, 0.1) is 5.92 Å². The molecule has 0 aliphatic rings. The van der Waals surface area contributed by atoms with E-state index in [0.29, 0.717) is 6.42 Å². The number of rotatable bonds is 9. The average molecular weight is 441 g/mol. The van der Waals surface area contributed by atoms with Crippen LogP contribution in [0.2, 0.25) is 0 Å². The summed E-state index contributed by atoms with van der Waals surface area (Å²) in [5, 5.41) is 5.72. The number of amides is 2. The number of alkyl carbamates (subject to hydrolysis) is 1. The Balaban J connectivity index is 2.06. The zero-order valence-corrected chi connectivity index (χ0v) is 20.0. The quantitative estimate of drug-likeness (QED) is 0.584. The highest BCUT2D eigenvalue weighted by Crippen LogP contribution is 2.19. The summed E-state index contributed by atoms with van der Waals surface area (Å²) in [5.74, 6) is 0.794. The standard InChI is InChI=1S/C26H36N2O4/c1-18(2)19(3)27-24(29)23(28-25(30)31-17-21-10-8-7-9-11-21)16-20-12-14-22(15-13-20)32-26(4,5)6/h7-15,18-19,23H,16-17H2,1-6H3,(H,27,29)(H,28,30)/t19?,23-/m0/s1. The third kappa shape index (κ3) is 9.00. The molecule has 2 rings (SSSR count). The second-order valence-electron chi connectivity index (χ2n) is 9.36. The number of nitrogens with one attached hydrogen (secondary N) is 2. The molecule has 2 N–H and O–H groups in total. The fraction of sp³-hybridized carbons (Fsp3) is 0.462. The monoisotopic (exact) mass is 440 g/mol. The SMILES string of the molecule is CC(C)C(C)NC(=O)[C@H](Cc1ccc(OC(C)(C)C)cc1)NC(=O)OCc1ccccc1. The Bertz CT molecular complexity index is 858. The zero-order valence-electron chi connectivity index (χ0n) is 20.0. The molecule has 0 aliphatic heterocycles. The molecule has 0 saturated heterocycles. The van der Waals surface area contributed by atoms with Crippen LogP contribution in [-0.2, 0) is 22.6 Å². The molecule has 6 nitrogen and oxygen atoms in total. The minimum absolute atomic E-state index is 0.0188. The van der Waals surface area contributed by atoms with Crippen molar-refractivity contribution < 1.29 is 19.1 Å². The lowest BCUT2D eigenvalue weighted by atomic mass is 10.0. The predicted molar refractivity (Wildman–Crippen MR) is 127 cm³/mol. The largest absolute Gasteiger partial charge is 0.488 e. The van der Waals surface area contributed by atoms with Crippen LogP contribution in [0.15, 0.2) is 54.6 Å². The summed E-state index contributed by atoms with van der Waals surface area (Å²) < 4.78 is 11.2. The Morgan fingerprint density at radius 3 is 2.06 bits per heavy atom. The third-order valence-electron chi connectivity index (χ3n) is 4.98. The number of benzene rings is 2. The minimum atomic E-state index is -0.756. The molecule has 32 heavy (non-hydrogen) atoms. The summed E-state index contributed by atoms with van der Waals surface area (Å²) in [6.07, 6.45) is -0.286. The molecule has 0 aliphatic carbocycles. The Morgan fingerprint density at radius 1 is 0.875 bits per heavy atom. The van der Waals surface area contributed by atoms with Gasteiger partial charge in [-0.2, -0.15) is 0 Å². The number of carbonyl (C=O) groups excluding carboxylic acids is 2. The topological polar surface area (TPSA) is 76.7 Å². The summed E-state index contributed by atoms with van der Waals surface area (Å²) in [4.78, 5) is 25.3. The van der Waals surface area contributed by atoms with Crippen molar-refractivity contribution in [1.29, 1.82) is 0 Å². The first-order valence-electron chi connectivity index (χ1n) is 11.1. The van der Waals surface area contributed by atoms with Crippen LogP contribution in [0.4, 0.5) is 4.79 Å². The number of carbonyl (C=O) groups is 2. The van der Waals surface area contributed by atoms with Crippen LogP contribution in [0.5, 0.6) is 5.75 Å². The highest BCUT2D eigenvalue weighted by atomic mass is 16.5. The van der Waals surface area contributed by atoms with Crippen LogP contribution in [0.1, 0.15) is 52.7 Å². The van der Waals surface area contributed by atoms with Gasteiger partial charge in [-0.1, -0.05) is 56.3 Å². The molecule has 0 bridgehead atoms. The van der Waals surface area contributed by atoms with Crippen LogP contribution < -0.4 is 15.4 Å². The highest BCUT2D eigenvalue weighted by molar-refractivity contribution is 5.86. The molecule has 0 fully saturated rings. The molecule has 2 amide bonds. The predicted octanol–water partition coefficient (Wildman–Crippen LogP) is 4.86. The van der Waals surface area contributed by atoms with Crippen LogP contribution in [0.3, 0.4) is 0 Å². The normalized spacial score (nSPS) is 13.2. The lowest BCUT2D eigenvalue weighted by molar-refractivity contribution is -0.124. The third-order valence-corrected chi connectivity index (χ3v) is 4.98. The van der Waals surface area contributed by atoms with Gasteiger partial charge in [0.25, 0.3) is 0 Å².